The third kappa shape index (κ3) is 1.54. The predicted octanol–water partition coefficient (Wildman–Crippen LogP) is -1.27. The standard InChI is InChI=1S/C5H8B2O3/c6-5-1-3(10-7)4(2-8)9-5/h3-5,8H,1-2H2/t3?,4-,5-/m1/s1. The van der Waals surface area contributed by atoms with Gasteiger partial charge in [0.25, 0.3) is 8.05 Å². The minimum absolute atomic E-state index is 0.102. The third-order valence-corrected chi connectivity index (χ3v) is 1.58. The molecule has 0 aliphatic carbocycles. The van der Waals surface area contributed by atoms with Crippen LogP contribution in [0.3, 0.4) is 0 Å². The summed E-state index contributed by atoms with van der Waals surface area (Å²) in [5, 5.41) is 8.67. The number of hydrogen-bond donors (Lipinski definition) is 1. The zero-order valence-corrected chi connectivity index (χ0v) is 5.56. The zero-order chi connectivity index (χ0) is 7.56. The predicted molar refractivity (Wildman–Crippen MR) is 36.7 cm³/mol. The van der Waals surface area contributed by atoms with Crippen LogP contribution in [0.2, 0.25) is 0 Å². The molecule has 1 rings (SSSR count). The minimum Gasteiger partial charge on any atom is -0.442 e. The van der Waals surface area contributed by atoms with E-state index in [4.69, 9.17) is 25.7 Å². The van der Waals surface area contributed by atoms with Crippen molar-refractivity contribution in [2.24, 2.45) is 0 Å². The lowest BCUT2D eigenvalue weighted by molar-refractivity contribution is 0.00568. The summed E-state index contributed by atoms with van der Waals surface area (Å²) in [6.07, 6.45) is -0.0816. The van der Waals surface area contributed by atoms with Crippen molar-refractivity contribution in [3.8, 4) is 0 Å². The van der Waals surface area contributed by atoms with E-state index in [0.29, 0.717) is 6.42 Å². The Morgan fingerprint density at radius 3 is 2.80 bits per heavy atom. The number of ether oxygens (including phenoxy) is 1. The molecule has 0 aromatic rings. The molecule has 0 bridgehead atoms. The second-order valence-electron chi connectivity index (χ2n) is 2.31. The fraction of sp³-hybridized carbons (Fsp3) is 1.00. The van der Waals surface area contributed by atoms with Crippen LogP contribution in [0.1, 0.15) is 6.42 Å². The molecule has 5 heteroatoms. The number of hydrogen-bond acceptors (Lipinski definition) is 3. The van der Waals surface area contributed by atoms with Gasteiger partial charge in [-0.25, -0.2) is 0 Å². The summed E-state index contributed by atoms with van der Waals surface area (Å²) < 4.78 is 9.56. The van der Waals surface area contributed by atoms with E-state index in [-0.39, 0.29) is 24.8 Å². The molecular weight excluding hydrogens is 130 g/mol. The molecule has 10 heavy (non-hydrogen) atoms. The summed E-state index contributed by atoms with van der Waals surface area (Å²) in [5.41, 5.74) is 0. The van der Waals surface area contributed by atoms with Gasteiger partial charge in [-0.2, -0.15) is 0 Å². The van der Waals surface area contributed by atoms with Gasteiger partial charge in [0.15, 0.2) is 0 Å². The lowest BCUT2D eigenvalue weighted by Crippen LogP contribution is -2.26. The van der Waals surface area contributed by atoms with Crippen molar-refractivity contribution in [1.29, 1.82) is 0 Å². The average molecular weight is 138 g/mol. The van der Waals surface area contributed by atoms with Gasteiger partial charge in [0.1, 0.15) is 14.0 Å². The first-order valence-corrected chi connectivity index (χ1v) is 3.15. The molecule has 3 nitrogen and oxygen atoms in total. The molecule has 4 radical (unpaired) electrons. The SMILES string of the molecule is [B]OC1C[C@H]([B])O[C@@H]1CO. The Morgan fingerprint density at radius 1 is 1.70 bits per heavy atom. The molecule has 0 aromatic carbocycles. The van der Waals surface area contributed by atoms with Crippen LogP contribution in [0.15, 0.2) is 0 Å². The quantitative estimate of drug-likeness (QED) is 0.483. The molecule has 1 N–H and O–H groups in total. The average Bonchev–Trinajstić information content (AvgIpc) is 2.30. The molecule has 1 unspecified atom stereocenters. The first-order chi connectivity index (χ1) is 4.77. The molecular formula is C5H8B2O3. The molecule has 0 amide bonds. The van der Waals surface area contributed by atoms with Crippen molar-refractivity contribution in [3.63, 3.8) is 0 Å². The van der Waals surface area contributed by atoms with Gasteiger partial charge in [0, 0.05) is 6.00 Å². The largest absolute Gasteiger partial charge is 0.442 e. The van der Waals surface area contributed by atoms with Crippen molar-refractivity contribution in [2.45, 2.75) is 24.6 Å². The smallest absolute Gasteiger partial charge is 0.283 e. The van der Waals surface area contributed by atoms with Crippen LogP contribution in [0.4, 0.5) is 0 Å². The monoisotopic (exact) mass is 138 g/mol. The van der Waals surface area contributed by atoms with Gasteiger partial charge >= 0.3 is 0 Å². The highest BCUT2D eigenvalue weighted by molar-refractivity contribution is 6.11. The lowest BCUT2D eigenvalue weighted by Gasteiger charge is -2.14. The summed E-state index contributed by atoms with van der Waals surface area (Å²) in [4.78, 5) is 0. The molecule has 52 valence electrons. The minimum atomic E-state index is -0.361. The summed E-state index contributed by atoms with van der Waals surface area (Å²) in [6.45, 7) is -0.102. The lowest BCUT2D eigenvalue weighted by atomic mass is 9.96. The van der Waals surface area contributed by atoms with Crippen LogP contribution in [0.25, 0.3) is 0 Å². The zero-order valence-electron chi connectivity index (χ0n) is 5.56. The highest BCUT2D eigenvalue weighted by Crippen LogP contribution is 2.19. The Balaban J connectivity index is 2.41. The van der Waals surface area contributed by atoms with E-state index in [2.05, 4.69) is 4.65 Å². The molecule has 0 aromatic heterocycles. The third-order valence-electron chi connectivity index (χ3n) is 1.58. The summed E-state index contributed by atoms with van der Waals surface area (Å²) in [6, 6.07) is -0.356. The van der Waals surface area contributed by atoms with E-state index >= 15 is 0 Å². The van der Waals surface area contributed by atoms with Crippen molar-refractivity contribution in [2.75, 3.05) is 6.61 Å². The fourth-order valence-corrected chi connectivity index (χ4v) is 1.05. The van der Waals surface area contributed by atoms with E-state index in [1.165, 1.54) is 0 Å². The molecule has 1 heterocycles. The summed E-state index contributed by atoms with van der Waals surface area (Å²) in [5.74, 6) is 0. The van der Waals surface area contributed by atoms with Crippen LogP contribution in [0, 0.1) is 0 Å². The molecule has 3 atom stereocenters. The van der Waals surface area contributed by atoms with Crippen molar-refractivity contribution in [1.82, 2.24) is 0 Å². The highest BCUT2D eigenvalue weighted by Gasteiger charge is 2.31. The van der Waals surface area contributed by atoms with E-state index in [1.807, 2.05) is 0 Å². The first-order valence-electron chi connectivity index (χ1n) is 3.15. The second kappa shape index (κ2) is 3.42. The van der Waals surface area contributed by atoms with Crippen molar-refractivity contribution >= 4 is 15.9 Å². The van der Waals surface area contributed by atoms with Gasteiger partial charge in [0.05, 0.1) is 12.7 Å². The summed E-state index contributed by atoms with van der Waals surface area (Å²) >= 11 is 0. The topological polar surface area (TPSA) is 38.7 Å². The van der Waals surface area contributed by atoms with Crippen LogP contribution < -0.4 is 0 Å². The van der Waals surface area contributed by atoms with Gasteiger partial charge in [-0.1, -0.05) is 0 Å². The molecule has 1 saturated heterocycles. The second-order valence-corrected chi connectivity index (χ2v) is 2.31. The maximum Gasteiger partial charge on any atom is 0.283 e. The Kier molecular flexibility index (Phi) is 2.77. The molecule has 1 fully saturated rings. The molecule has 0 spiro atoms. The number of aliphatic hydroxyl groups is 1. The van der Waals surface area contributed by atoms with Gasteiger partial charge in [-0.15, -0.1) is 0 Å². The Hall–Kier alpha value is 0.00987. The van der Waals surface area contributed by atoms with Crippen LogP contribution in [-0.2, 0) is 9.39 Å². The highest BCUT2D eigenvalue weighted by atomic mass is 16.5. The van der Waals surface area contributed by atoms with Gasteiger partial charge in [0.2, 0.25) is 0 Å². The van der Waals surface area contributed by atoms with Crippen molar-refractivity contribution < 1.29 is 14.5 Å². The molecule has 0 saturated carbocycles. The van der Waals surface area contributed by atoms with Crippen LogP contribution in [-0.4, -0.2) is 45.8 Å². The van der Waals surface area contributed by atoms with Crippen molar-refractivity contribution in [3.05, 3.63) is 0 Å². The molecule has 1 aliphatic heterocycles. The maximum atomic E-state index is 8.67. The normalized spacial score (nSPS) is 40.3. The van der Waals surface area contributed by atoms with E-state index in [9.17, 15) is 0 Å². The van der Waals surface area contributed by atoms with Crippen LogP contribution >= 0.6 is 0 Å². The van der Waals surface area contributed by atoms with E-state index < -0.39 is 0 Å². The fourth-order valence-electron chi connectivity index (χ4n) is 1.05. The van der Waals surface area contributed by atoms with Gasteiger partial charge < -0.3 is 14.5 Å². The Morgan fingerprint density at radius 2 is 2.40 bits per heavy atom. The Bertz CT molecular complexity index is 99.1. The maximum absolute atomic E-state index is 8.67. The Labute approximate surface area is 62.6 Å². The van der Waals surface area contributed by atoms with Crippen LogP contribution in [0.5, 0.6) is 0 Å². The summed E-state index contributed by atoms with van der Waals surface area (Å²) in [7, 11) is 10.3. The first kappa shape index (κ1) is 8.11. The van der Waals surface area contributed by atoms with E-state index in [0.717, 1.165) is 0 Å². The van der Waals surface area contributed by atoms with Gasteiger partial charge in [-0.3, -0.25) is 0 Å². The molecule has 1 aliphatic rings. The number of rotatable bonds is 2. The van der Waals surface area contributed by atoms with E-state index in [1.54, 1.807) is 0 Å². The van der Waals surface area contributed by atoms with Gasteiger partial charge in [-0.05, 0) is 6.42 Å². The number of aliphatic hydroxyl groups excluding tert-OH is 1.